The molecule has 2 aliphatic carbocycles. The van der Waals surface area contributed by atoms with Crippen LogP contribution in [0.1, 0.15) is 47.8 Å². The summed E-state index contributed by atoms with van der Waals surface area (Å²) in [4.78, 5) is 21.4. The van der Waals surface area contributed by atoms with Crippen LogP contribution in [0.25, 0.3) is 0 Å². The van der Waals surface area contributed by atoms with E-state index in [2.05, 4.69) is 15.3 Å². The standard InChI is InChI=1S/C24H27ClF3N5O2/c1-30-10-16(19(29)22(27)28)24(35)8-13-5-12(6-14(13)9-24)20-21(33(2)11-31-20)23(34)32-15-3-4-18(26)17(25)7-15/h3-4,7,10-14,22,35H,5-6,8-9,29H2,1-2H3,(H,32,34)/b19-16+,30-10?. The summed E-state index contributed by atoms with van der Waals surface area (Å²) in [5.74, 6) is -0.894. The first-order chi connectivity index (χ1) is 16.5. The van der Waals surface area contributed by atoms with Gasteiger partial charge in [0.15, 0.2) is 0 Å². The average molecular weight is 510 g/mol. The number of imidazole rings is 1. The first-order valence-electron chi connectivity index (χ1n) is 11.2. The van der Waals surface area contributed by atoms with Gasteiger partial charge in [0.1, 0.15) is 11.5 Å². The van der Waals surface area contributed by atoms with E-state index in [1.165, 1.54) is 31.5 Å². The number of carbonyl (C=O) groups excluding carboxylic acids is 1. The van der Waals surface area contributed by atoms with Crippen molar-refractivity contribution in [2.24, 2.45) is 29.6 Å². The number of benzene rings is 1. The number of amides is 1. The van der Waals surface area contributed by atoms with Crippen LogP contribution in [0.5, 0.6) is 0 Å². The minimum absolute atomic E-state index is 0.0168. The smallest absolute Gasteiger partial charge is 0.278 e. The molecule has 188 valence electrons. The maximum absolute atomic E-state index is 13.5. The van der Waals surface area contributed by atoms with Crippen LogP contribution in [0.2, 0.25) is 5.02 Å². The predicted molar refractivity (Wildman–Crippen MR) is 127 cm³/mol. The molecule has 2 saturated carbocycles. The highest BCUT2D eigenvalue weighted by atomic mass is 35.5. The summed E-state index contributed by atoms with van der Waals surface area (Å²) in [6.45, 7) is 0. The second-order valence-electron chi connectivity index (χ2n) is 9.36. The largest absolute Gasteiger partial charge is 0.397 e. The van der Waals surface area contributed by atoms with Gasteiger partial charge in [-0.25, -0.2) is 18.2 Å². The zero-order chi connectivity index (χ0) is 25.5. The number of hydrogen-bond donors (Lipinski definition) is 3. The van der Waals surface area contributed by atoms with Gasteiger partial charge in [-0.15, -0.1) is 0 Å². The van der Waals surface area contributed by atoms with Gasteiger partial charge in [-0.3, -0.25) is 9.79 Å². The number of allylic oxidation sites excluding steroid dienone is 1. The van der Waals surface area contributed by atoms with Gasteiger partial charge in [0, 0.05) is 37.5 Å². The Kier molecular flexibility index (Phi) is 6.97. The van der Waals surface area contributed by atoms with E-state index in [0.29, 0.717) is 29.9 Å². The molecule has 2 atom stereocenters. The van der Waals surface area contributed by atoms with E-state index in [1.54, 1.807) is 17.9 Å². The van der Waals surface area contributed by atoms with E-state index in [1.807, 2.05) is 0 Å². The van der Waals surface area contributed by atoms with Crippen molar-refractivity contribution in [2.45, 2.75) is 43.6 Å². The third-order valence-corrected chi connectivity index (χ3v) is 7.38. The molecule has 0 radical (unpaired) electrons. The Hall–Kier alpha value is -2.85. The first-order valence-corrected chi connectivity index (χ1v) is 11.6. The van der Waals surface area contributed by atoms with E-state index in [-0.39, 0.29) is 41.2 Å². The number of aliphatic imine (C=N–C) groups is 1. The molecule has 0 bridgehead atoms. The molecule has 1 amide bonds. The van der Waals surface area contributed by atoms with Crippen LogP contribution in [0, 0.1) is 17.7 Å². The van der Waals surface area contributed by atoms with Gasteiger partial charge >= 0.3 is 0 Å². The van der Waals surface area contributed by atoms with Crippen LogP contribution in [0.4, 0.5) is 18.9 Å². The molecule has 0 spiro atoms. The Morgan fingerprint density at radius 3 is 2.60 bits per heavy atom. The van der Waals surface area contributed by atoms with Gasteiger partial charge in [-0.2, -0.15) is 0 Å². The summed E-state index contributed by atoms with van der Waals surface area (Å²) in [6.07, 6.45) is 1.77. The number of rotatable bonds is 6. The van der Waals surface area contributed by atoms with Gasteiger partial charge in [-0.1, -0.05) is 11.6 Å². The summed E-state index contributed by atoms with van der Waals surface area (Å²) in [7, 11) is 3.16. The number of halogens is 4. The Morgan fingerprint density at radius 2 is 2.03 bits per heavy atom. The minimum Gasteiger partial charge on any atom is -0.397 e. The van der Waals surface area contributed by atoms with Crippen LogP contribution in [-0.2, 0) is 7.05 Å². The number of nitrogens with zero attached hydrogens (tertiary/aromatic N) is 3. The molecule has 1 heterocycles. The quantitative estimate of drug-likeness (QED) is 0.505. The highest BCUT2D eigenvalue weighted by Crippen LogP contribution is 2.55. The number of aliphatic hydroxyl groups is 1. The molecular weight excluding hydrogens is 483 g/mol. The highest BCUT2D eigenvalue weighted by molar-refractivity contribution is 6.31. The number of nitrogens with one attached hydrogen (secondary N) is 1. The van der Waals surface area contributed by atoms with Crippen LogP contribution in [0.15, 0.2) is 40.8 Å². The van der Waals surface area contributed by atoms with Crippen LogP contribution in [-0.4, -0.2) is 45.9 Å². The number of anilines is 1. The number of aromatic nitrogens is 2. The maximum atomic E-state index is 13.5. The third-order valence-electron chi connectivity index (χ3n) is 7.09. The molecule has 35 heavy (non-hydrogen) atoms. The number of fused-ring (bicyclic) bond motifs is 1. The molecule has 1 aromatic heterocycles. The van der Waals surface area contributed by atoms with Crippen molar-refractivity contribution in [3.63, 3.8) is 0 Å². The molecular formula is C24H27ClF3N5O2. The molecule has 2 aromatic rings. The Labute approximate surface area is 205 Å². The second-order valence-corrected chi connectivity index (χ2v) is 9.76. The molecule has 4 rings (SSSR count). The van der Waals surface area contributed by atoms with E-state index in [4.69, 9.17) is 17.3 Å². The monoisotopic (exact) mass is 509 g/mol. The lowest BCUT2D eigenvalue weighted by Gasteiger charge is -2.27. The van der Waals surface area contributed by atoms with Gasteiger partial charge < -0.3 is 20.7 Å². The summed E-state index contributed by atoms with van der Waals surface area (Å²) in [5.41, 5.74) is 4.84. The molecule has 2 fully saturated rings. The van der Waals surface area contributed by atoms with Crippen LogP contribution >= 0.6 is 11.6 Å². The summed E-state index contributed by atoms with van der Waals surface area (Å²) < 4.78 is 41.7. The zero-order valence-electron chi connectivity index (χ0n) is 19.3. The molecule has 7 nitrogen and oxygen atoms in total. The number of nitrogens with two attached hydrogens (primary N) is 1. The van der Waals surface area contributed by atoms with Crippen molar-refractivity contribution in [1.29, 1.82) is 0 Å². The molecule has 0 saturated heterocycles. The third kappa shape index (κ3) is 4.81. The Bertz CT molecular complexity index is 1180. The average Bonchev–Trinajstić information content (AvgIpc) is 3.45. The maximum Gasteiger partial charge on any atom is 0.278 e. The van der Waals surface area contributed by atoms with Gasteiger partial charge in [0.05, 0.1) is 28.3 Å². The van der Waals surface area contributed by atoms with E-state index >= 15 is 0 Å². The number of alkyl halides is 2. The summed E-state index contributed by atoms with van der Waals surface area (Å²) in [5, 5.41) is 13.9. The van der Waals surface area contributed by atoms with Crippen molar-refractivity contribution in [1.82, 2.24) is 9.55 Å². The molecule has 4 N–H and O–H groups in total. The fourth-order valence-electron chi connectivity index (χ4n) is 5.60. The van der Waals surface area contributed by atoms with E-state index in [0.717, 1.165) is 0 Å². The fourth-order valence-corrected chi connectivity index (χ4v) is 5.78. The van der Waals surface area contributed by atoms with Crippen LogP contribution in [0.3, 0.4) is 0 Å². The summed E-state index contributed by atoms with van der Waals surface area (Å²) in [6, 6.07) is 3.93. The van der Waals surface area contributed by atoms with Crippen molar-refractivity contribution in [3.05, 3.63) is 58.0 Å². The van der Waals surface area contributed by atoms with Gasteiger partial charge in [0.2, 0.25) is 0 Å². The lowest BCUT2D eigenvalue weighted by atomic mass is 9.86. The van der Waals surface area contributed by atoms with E-state index in [9.17, 15) is 23.1 Å². The molecule has 0 aliphatic heterocycles. The molecule has 2 unspecified atom stereocenters. The van der Waals surface area contributed by atoms with Crippen molar-refractivity contribution >= 4 is 29.4 Å². The predicted octanol–water partition coefficient (Wildman–Crippen LogP) is 4.28. The number of hydrogen-bond acceptors (Lipinski definition) is 5. The molecule has 1 aromatic carbocycles. The highest BCUT2D eigenvalue weighted by Gasteiger charge is 2.52. The normalized spacial score (nSPS) is 26.9. The van der Waals surface area contributed by atoms with Crippen molar-refractivity contribution in [3.8, 4) is 0 Å². The Balaban J connectivity index is 1.52. The number of carbonyl (C=O) groups is 1. The minimum atomic E-state index is -2.88. The summed E-state index contributed by atoms with van der Waals surface area (Å²) >= 11 is 5.82. The molecule has 2 aliphatic rings. The van der Waals surface area contributed by atoms with Crippen LogP contribution < -0.4 is 11.1 Å². The topological polar surface area (TPSA) is 106 Å². The zero-order valence-corrected chi connectivity index (χ0v) is 20.1. The SMILES string of the molecule is CN=C/C(=C(\N)C(F)F)C1(O)CC2CC(c3ncn(C)c3C(=O)Nc3ccc(F)c(Cl)c3)CC2C1. The first kappa shape index (κ1) is 25.2. The lowest BCUT2D eigenvalue weighted by Crippen LogP contribution is -2.33. The van der Waals surface area contributed by atoms with E-state index < -0.39 is 29.4 Å². The van der Waals surface area contributed by atoms with Crippen molar-refractivity contribution in [2.75, 3.05) is 12.4 Å². The van der Waals surface area contributed by atoms with Crippen molar-refractivity contribution < 1.29 is 23.1 Å². The fraction of sp³-hybridized carbons (Fsp3) is 0.458. The molecule has 11 heteroatoms. The lowest BCUT2D eigenvalue weighted by molar-refractivity contribution is 0.0771. The Morgan fingerprint density at radius 1 is 1.37 bits per heavy atom. The number of aryl methyl sites for hydroxylation is 1. The van der Waals surface area contributed by atoms with Gasteiger partial charge in [0.25, 0.3) is 12.3 Å². The van der Waals surface area contributed by atoms with Gasteiger partial charge in [-0.05, 0) is 55.7 Å². The second kappa shape index (κ2) is 9.66.